The first-order valence-electron chi connectivity index (χ1n) is 6.42. The number of aromatic hydroxyl groups is 1. The summed E-state index contributed by atoms with van der Waals surface area (Å²) in [6.07, 6.45) is 6.98. The zero-order valence-corrected chi connectivity index (χ0v) is 11.1. The van der Waals surface area contributed by atoms with E-state index in [0.29, 0.717) is 25.2 Å². The van der Waals surface area contributed by atoms with Crippen LogP contribution in [0, 0.1) is 0 Å². The van der Waals surface area contributed by atoms with Gasteiger partial charge < -0.3 is 9.84 Å². The molecular weight excluding hydrogens is 224 g/mol. The van der Waals surface area contributed by atoms with Crippen LogP contribution in [0.5, 0.6) is 11.5 Å². The molecule has 2 nitrogen and oxygen atoms in total. The lowest BCUT2D eigenvalue weighted by atomic mass is 10.0. The zero-order chi connectivity index (χ0) is 13.4. The van der Waals surface area contributed by atoms with Crippen molar-refractivity contribution in [3.05, 3.63) is 48.6 Å². The highest BCUT2D eigenvalue weighted by Gasteiger charge is 2.09. The van der Waals surface area contributed by atoms with E-state index < -0.39 is 0 Å². The minimum absolute atomic E-state index is 0.331. The zero-order valence-electron chi connectivity index (χ0n) is 11.1. The van der Waals surface area contributed by atoms with Gasteiger partial charge in [0.2, 0.25) is 0 Å². The molecule has 98 valence electrons. The van der Waals surface area contributed by atoms with Crippen molar-refractivity contribution in [2.75, 3.05) is 6.61 Å². The third-order valence-corrected chi connectivity index (χ3v) is 2.74. The van der Waals surface area contributed by atoms with E-state index in [1.807, 2.05) is 12.1 Å². The molecule has 0 aromatic heterocycles. The number of ether oxygens (including phenoxy) is 1. The van der Waals surface area contributed by atoms with Crippen LogP contribution in [0.3, 0.4) is 0 Å². The molecule has 0 amide bonds. The number of benzene rings is 1. The molecule has 1 aromatic carbocycles. The topological polar surface area (TPSA) is 29.5 Å². The van der Waals surface area contributed by atoms with Crippen molar-refractivity contribution in [1.29, 1.82) is 0 Å². The number of hydrogen-bond donors (Lipinski definition) is 1. The predicted octanol–water partition coefficient (Wildman–Crippen LogP) is 4.03. The molecule has 1 rings (SSSR count). The largest absolute Gasteiger partial charge is 0.507 e. The van der Waals surface area contributed by atoms with Gasteiger partial charge in [0.25, 0.3) is 0 Å². The molecule has 0 aliphatic rings. The van der Waals surface area contributed by atoms with E-state index in [1.54, 1.807) is 12.2 Å². The van der Waals surface area contributed by atoms with Gasteiger partial charge in [0.1, 0.15) is 11.5 Å². The Morgan fingerprint density at radius 2 is 1.72 bits per heavy atom. The van der Waals surface area contributed by atoms with E-state index in [1.165, 1.54) is 0 Å². The van der Waals surface area contributed by atoms with Crippen molar-refractivity contribution in [3.63, 3.8) is 0 Å². The Kier molecular flexibility index (Phi) is 6.06. The molecule has 0 aliphatic carbocycles. The molecule has 0 bridgehead atoms. The molecule has 0 unspecified atom stereocenters. The van der Waals surface area contributed by atoms with Crippen LogP contribution >= 0.6 is 0 Å². The molecule has 2 heteroatoms. The van der Waals surface area contributed by atoms with Crippen LogP contribution in [0.4, 0.5) is 0 Å². The normalized spacial score (nSPS) is 10.1. The number of unbranched alkanes of at least 4 members (excludes halogenated alkanes) is 1. The maximum Gasteiger partial charge on any atom is 0.122 e. The van der Waals surface area contributed by atoms with Crippen molar-refractivity contribution in [2.45, 2.75) is 32.6 Å². The molecule has 0 saturated carbocycles. The van der Waals surface area contributed by atoms with Gasteiger partial charge in [-0.1, -0.05) is 25.5 Å². The van der Waals surface area contributed by atoms with Crippen molar-refractivity contribution >= 4 is 0 Å². The number of allylic oxidation sites excluding steroid dienone is 2. The molecule has 0 radical (unpaired) electrons. The fourth-order valence-electron chi connectivity index (χ4n) is 1.77. The Morgan fingerprint density at radius 1 is 1.17 bits per heavy atom. The second kappa shape index (κ2) is 7.59. The van der Waals surface area contributed by atoms with Gasteiger partial charge in [0, 0.05) is 11.1 Å². The summed E-state index contributed by atoms with van der Waals surface area (Å²) in [5.74, 6) is 1.15. The molecule has 1 aromatic rings. The standard InChI is InChI=1S/C16H22O2/c1-4-7-10-18-15-11-13(8-5-2)16(17)14(12-15)9-6-3/h5-6,11-12,17H,2-4,7-10H2,1H3. The Hall–Kier alpha value is -1.70. The third kappa shape index (κ3) is 3.95. The number of phenolic OH excluding ortho intramolecular Hbond substituents is 1. The minimum Gasteiger partial charge on any atom is -0.507 e. The van der Waals surface area contributed by atoms with Crippen molar-refractivity contribution in [1.82, 2.24) is 0 Å². The van der Waals surface area contributed by atoms with Crippen LogP contribution in [0.2, 0.25) is 0 Å². The van der Waals surface area contributed by atoms with Crippen LogP contribution < -0.4 is 4.74 Å². The molecule has 0 fully saturated rings. The minimum atomic E-state index is 0.331. The highest BCUT2D eigenvalue weighted by Crippen LogP contribution is 2.29. The summed E-state index contributed by atoms with van der Waals surface area (Å²) >= 11 is 0. The highest BCUT2D eigenvalue weighted by molar-refractivity contribution is 5.47. The summed E-state index contributed by atoms with van der Waals surface area (Å²) in [5.41, 5.74) is 1.71. The van der Waals surface area contributed by atoms with Gasteiger partial charge in [-0.2, -0.15) is 0 Å². The first kappa shape index (κ1) is 14.4. The first-order valence-corrected chi connectivity index (χ1v) is 6.42. The Morgan fingerprint density at radius 3 is 2.17 bits per heavy atom. The molecule has 0 spiro atoms. The quantitative estimate of drug-likeness (QED) is 0.554. The van der Waals surface area contributed by atoms with E-state index in [4.69, 9.17) is 4.74 Å². The van der Waals surface area contributed by atoms with Gasteiger partial charge in [0.05, 0.1) is 6.61 Å². The van der Waals surface area contributed by atoms with E-state index in [0.717, 1.165) is 29.7 Å². The van der Waals surface area contributed by atoms with Gasteiger partial charge in [-0.05, 0) is 31.4 Å². The summed E-state index contributed by atoms with van der Waals surface area (Å²) in [6.45, 7) is 10.3. The van der Waals surface area contributed by atoms with Crippen LogP contribution in [-0.2, 0) is 12.8 Å². The van der Waals surface area contributed by atoms with Crippen molar-refractivity contribution in [3.8, 4) is 11.5 Å². The number of hydrogen-bond acceptors (Lipinski definition) is 2. The van der Waals surface area contributed by atoms with Crippen LogP contribution in [0.25, 0.3) is 0 Å². The lowest BCUT2D eigenvalue weighted by Crippen LogP contribution is -1.99. The number of phenols is 1. The Balaban J connectivity index is 2.95. The fourth-order valence-corrected chi connectivity index (χ4v) is 1.77. The summed E-state index contributed by atoms with van der Waals surface area (Å²) in [5, 5.41) is 10.1. The van der Waals surface area contributed by atoms with E-state index in [2.05, 4.69) is 20.1 Å². The summed E-state index contributed by atoms with van der Waals surface area (Å²) in [6, 6.07) is 3.78. The number of rotatable bonds is 8. The summed E-state index contributed by atoms with van der Waals surface area (Å²) in [4.78, 5) is 0. The fraction of sp³-hybridized carbons (Fsp3) is 0.375. The Bertz CT molecular complexity index is 377. The second-order valence-electron chi connectivity index (χ2n) is 4.28. The summed E-state index contributed by atoms with van der Waals surface area (Å²) in [7, 11) is 0. The van der Waals surface area contributed by atoms with Crippen molar-refractivity contribution < 1.29 is 9.84 Å². The van der Waals surface area contributed by atoms with E-state index in [9.17, 15) is 5.11 Å². The third-order valence-electron chi connectivity index (χ3n) is 2.74. The lowest BCUT2D eigenvalue weighted by Gasteiger charge is -2.12. The maximum absolute atomic E-state index is 10.1. The molecule has 18 heavy (non-hydrogen) atoms. The molecule has 0 heterocycles. The lowest BCUT2D eigenvalue weighted by molar-refractivity contribution is 0.308. The average molecular weight is 246 g/mol. The molecule has 0 saturated heterocycles. The maximum atomic E-state index is 10.1. The molecular formula is C16H22O2. The molecule has 1 N–H and O–H groups in total. The second-order valence-corrected chi connectivity index (χ2v) is 4.28. The summed E-state index contributed by atoms with van der Waals surface area (Å²) < 4.78 is 5.70. The molecule has 0 atom stereocenters. The van der Waals surface area contributed by atoms with E-state index >= 15 is 0 Å². The van der Waals surface area contributed by atoms with Crippen molar-refractivity contribution in [2.24, 2.45) is 0 Å². The van der Waals surface area contributed by atoms with Gasteiger partial charge >= 0.3 is 0 Å². The smallest absolute Gasteiger partial charge is 0.122 e. The van der Waals surface area contributed by atoms with Gasteiger partial charge in [0.15, 0.2) is 0 Å². The first-order chi connectivity index (χ1) is 8.72. The SMILES string of the molecule is C=CCc1cc(OCCCC)cc(CC=C)c1O. The van der Waals surface area contributed by atoms with Crippen LogP contribution in [0.15, 0.2) is 37.4 Å². The average Bonchev–Trinajstić information content (AvgIpc) is 2.35. The van der Waals surface area contributed by atoms with Crippen LogP contribution in [0.1, 0.15) is 30.9 Å². The monoisotopic (exact) mass is 246 g/mol. The van der Waals surface area contributed by atoms with E-state index in [-0.39, 0.29) is 0 Å². The van der Waals surface area contributed by atoms with Gasteiger partial charge in [-0.3, -0.25) is 0 Å². The highest BCUT2D eigenvalue weighted by atomic mass is 16.5. The predicted molar refractivity (Wildman–Crippen MR) is 76.3 cm³/mol. The molecule has 0 aliphatic heterocycles. The van der Waals surface area contributed by atoms with Gasteiger partial charge in [-0.15, -0.1) is 13.2 Å². The van der Waals surface area contributed by atoms with Crippen LogP contribution in [-0.4, -0.2) is 11.7 Å². The van der Waals surface area contributed by atoms with Gasteiger partial charge in [-0.25, -0.2) is 0 Å². The Labute approximate surface area is 110 Å².